The highest BCUT2D eigenvalue weighted by Crippen LogP contribution is 2.39. The Morgan fingerprint density at radius 2 is 1.96 bits per heavy atom. The molecular weight excluding hydrogens is 364 g/mol. The zero-order chi connectivity index (χ0) is 18.2. The van der Waals surface area contributed by atoms with Crippen molar-refractivity contribution in [1.82, 2.24) is 0 Å². The lowest BCUT2D eigenvalue weighted by atomic mass is 9.98. The summed E-state index contributed by atoms with van der Waals surface area (Å²) in [5, 5.41) is 0.759. The predicted molar refractivity (Wildman–Crippen MR) is 110 cm³/mol. The third-order valence-corrected chi connectivity index (χ3v) is 7.50. The third-order valence-electron chi connectivity index (χ3n) is 4.49. The summed E-state index contributed by atoms with van der Waals surface area (Å²) in [4.78, 5) is 24.3. The number of ether oxygens (including phenoxy) is 1. The van der Waals surface area contributed by atoms with Crippen molar-refractivity contribution in [3.05, 3.63) is 53.6 Å². The summed E-state index contributed by atoms with van der Waals surface area (Å²) in [7, 11) is 3.94. The van der Waals surface area contributed by atoms with Crippen LogP contribution in [0.15, 0.2) is 48.1 Å². The molecule has 1 aromatic carbocycles. The van der Waals surface area contributed by atoms with Crippen molar-refractivity contribution in [3.8, 4) is 5.75 Å². The Kier molecular flexibility index (Phi) is 7.44. The second-order valence-electron chi connectivity index (χ2n) is 6.54. The molecule has 1 aliphatic heterocycles. The maximum absolute atomic E-state index is 12.4. The van der Waals surface area contributed by atoms with E-state index in [0.717, 1.165) is 36.5 Å². The van der Waals surface area contributed by atoms with Gasteiger partial charge in [0, 0.05) is 28.6 Å². The van der Waals surface area contributed by atoms with Crippen LogP contribution in [0.1, 0.15) is 55.3 Å². The molecule has 1 fully saturated rings. The fourth-order valence-electron chi connectivity index (χ4n) is 3.01. The number of hydrogen-bond donors (Lipinski definition) is 0. The van der Waals surface area contributed by atoms with Crippen LogP contribution in [-0.4, -0.2) is 22.8 Å². The molecule has 2 aliphatic rings. The van der Waals surface area contributed by atoms with Crippen molar-refractivity contribution in [3.63, 3.8) is 0 Å². The summed E-state index contributed by atoms with van der Waals surface area (Å²) in [6.45, 7) is 0. The largest absolute Gasteiger partial charge is 0.427 e. The van der Waals surface area contributed by atoms with Crippen molar-refractivity contribution in [1.29, 1.82) is 0 Å². The Hall–Kier alpha value is -1.46. The lowest BCUT2D eigenvalue weighted by molar-refractivity contribution is -0.134. The predicted octanol–water partition coefficient (Wildman–Crippen LogP) is 5.77. The van der Waals surface area contributed by atoms with Crippen molar-refractivity contribution < 1.29 is 14.3 Å². The van der Waals surface area contributed by atoms with E-state index in [9.17, 15) is 9.59 Å². The number of allylic oxidation sites excluding steroid dienone is 4. The first-order valence-electron chi connectivity index (χ1n) is 9.23. The topological polar surface area (TPSA) is 43.4 Å². The third kappa shape index (κ3) is 5.78. The summed E-state index contributed by atoms with van der Waals surface area (Å²) in [6.07, 6.45) is 12.6. The number of benzene rings is 1. The van der Waals surface area contributed by atoms with Gasteiger partial charge in [-0.05, 0) is 56.4 Å². The fourth-order valence-corrected chi connectivity index (χ4v) is 6.04. The van der Waals surface area contributed by atoms with E-state index < -0.39 is 0 Å². The van der Waals surface area contributed by atoms with Crippen LogP contribution >= 0.6 is 21.6 Å². The molecule has 1 aromatic rings. The second-order valence-corrected chi connectivity index (χ2v) is 9.33. The molecule has 0 radical (unpaired) electrons. The van der Waals surface area contributed by atoms with Gasteiger partial charge in [0.05, 0.1) is 0 Å². The molecule has 5 heteroatoms. The minimum Gasteiger partial charge on any atom is -0.427 e. The van der Waals surface area contributed by atoms with Gasteiger partial charge in [0.25, 0.3) is 0 Å². The van der Waals surface area contributed by atoms with Crippen LogP contribution in [0.3, 0.4) is 0 Å². The van der Waals surface area contributed by atoms with Crippen LogP contribution in [-0.2, 0) is 4.79 Å². The lowest BCUT2D eigenvalue weighted by Gasteiger charge is -2.08. The van der Waals surface area contributed by atoms with Gasteiger partial charge in [0.2, 0.25) is 0 Å². The molecule has 0 amide bonds. The van der Waals surface area contributed by atoms with Gasteiger partial charge in [-0.1, -0.05) is 46.2 Å². The van der Waals surface area contributed by atoms with Crippen LogP contribution in [0, 0.1) is 0 Å². The number of carbonyl (C=O) groups excluding carboxylic acids is 2. The van der Waals surface area contributed by atoms with Gasteiger partial charge >= 0.3 is 5.97 Å². The molecule has 1 unspecified atom stereocenters. The van der Waals surface area contributed by atoms with Crippen molar-refractivity contribution in [2.24, 2.45) is 0 Å². The van der Waals surface area contributed by atoms with Gasteiger partial charge in [-0.2, -0.15) is 0 Å². The zero-order valence-electron chi connectivity index (χ0n) is 14.8. The second kappa shape index (κ2) is 10.0. The van der Waals surface area contributed by atoms with E-state index >= 15 is 0 Å². The van der Waals surface area contributed by atoms with Gasteiger partial charge in [0.1, 0.15) is 5.75 Å². The van der Waals surface area contributed by atoms with E-state index in [1.807, 2.05) is 39.8 Å². The van der Waals surface area contributed by atoms with Gasteiger partial charge in [0.15, 0.2) is 5.78 Å². The van der Waals surface area contributed by atoms with E-state index in [1.165, 1.54) is 18.6 Å². The zero-order valence-corrected chi connectivity index (χ0v) is 16.4. The number of carbonyl (C=O) groups is 2. The number of rotatable bonds is 8. The highest BCUT2D eigenvalue weighted by atomic mass is 33.1. The van der Waals surface area contributed by atoms with Crippen LogP contribution in [0.5, 0.6) is 5.75 Å². The fraction of sp³-hybridized carbons (Fsp3) is 0.429. The standard InChI is InChI=1S/C21H24O3S2/c22-20(9-5-4-8-19-14-15-25-26-19)24-18-12-10-17(11-13-18)21(23)16-6-2-1-3-7-16/h2,6-7,10-13,19H,1,3-5,8-9,14-15H2. The van der Waals surface area contributed by atoms with E-state index in [4.69, 9.17) is 4.74 Å². The van der Waals surface area contributed by atoms with Crippen molar-refractivity contribution >= 4 is 33.3 Å². The van der Waals surface area contributed by atoms with E-state index in [2.05, 4.69) is 0 Å². The average molecular weight is 389 g/mol. The molecule has 1 heterocycles. The Morgan fingerprint density at radius 1 is 1.12 bits per heavy atom. The van der Waals surface area contributed by atoms with Crippen LogP contribution < -0.4 is 4.74 Å². The Morgan fingerprint density at radius 3 is 2.65 bits per heavy atom. The number of hydrogen-bond acceptors (Lipinski definition) is 5. The van der Waals surface area contributed by atoms with E-state index in [1.54, 1.807) is 24.3 Å². The molecule has 0 spiro atoms. The molecule has 0 bridgehead atoms. The number of unbranched alkanes of at least 4 members (excludes halogenated alkanes) is 1. The Bertz CT molecular complexity index is 686. The van der Waals surface area contributed by atoms with Gasteiger partial charge in [-0.3, -0.25) is 9.59 Å². The molecule has 0 aromatic heterocycles. The number of Topliss-reactive ketones (excluding diaryl/α,β-unsaturated/α-hetero) is 1. The molecule has 0 N–H and O–H groups in total. The highest BCUT2D eigenvalue weighted by Gasteiger charge is 2.16. The van der Waals surface area contributed by atoms with Crippen LogP contribution in [0.25, 0.3) is 0 Å². The minimum atomic E-state index is -0.199. The summed E-state index contributed by atoms with van der Waals surface area (Å²) in [5.74, 6) is 1.57. The highest BCUT2D eigenvalue weighted by molar-refractivity contribution is 8.77. The first-order chi connectivity index (χ1) is 12.7. The molecule has 3 nitrogen and oxygen atoms in total. The van der Waals surface area contributed by atoms with Gasteiger partial charge in [-0.25, -0.2) is 0 Å². The molecule has 26 heavy (non-hydrogen) atoms. The lowest BCUT2D eigenvalue weighted by Crippen LogP contribution is -2.08. The summed E-state index contributed by atoms with van der Waals surface area (Å²) in [6, 6.07) is 6.85. The normalized spacial score (nSPS) is 19.2. The average Bonchev–Trinajstić information content (AvgIpc) is 3.19. The molecule has 3 rings (SSSR count). The monoisotopic (exact) mass is 388 g/mol. The SMILES string of the molecule is O=C(CCCCC1CCSS1)Oc1ccc(C(=O)C2=CCCC=C2)cc1. The maximum atomic E-state index is 12.4. The number of ketones is 1. The van der Waals surface area contributed by atoms with Crippen molar-refractivity contribution in [2.45, 2.75) is 50.2 Å². The van der Waals surface area contributed by atoms with E-state index in [-0.39, 0.29) is 11.8 Å². The molecule has 0 saturated carbocycles. The molecule has 1 aliphatic carbocycles. The first kappa shape index (κ1) is 19.3. The molecule has 138 valence electrons. The summed E-state index contributed by atoms with van der Waals surface area (Å²) in [5.41, 5.74) is 1.36. The Labute approximate surface area is 163 Å². The maximum Gasteiger partial charge on any atom is 0.311 e. The summed E-state index contributed by atoms with van der Waals surface area (Å²) < 4.78 is 5.38. The smallest absolute Gasteiger partial charge is 0.311 e. The van der Waals surface area contributed by atoms with Crippen LogP contribution in [0.2, 0.25) is 0 Å². The molecule has 1 saturated heterocycles. The van der Waals surface area contributed by atoms with Crippen molar-refractivity contribution in [2.75, 3.05) is 5.75 Å². The molecule has 1 atom stereocenters. The summed E-state index contributed by atoms with van der Waals surface area (Å²) >= 11 is 0. The quantitative estimate of drug-likeness (QED) is 0.186. The first-order valence-corrected chi connectivity index (χ1v) is 11.6. The Balaban J connectivity index is 1.41. The van der Waals surface area contributed by atoms with Gasteiger partial charge < -0.3 is 4.74 Å². The van der Waals surface area contributed by atoms with Crippen LogP contribution in [0.4, 0.5) is 0 Å². The number of esters is 1. The molecular formula is C21H24O3S2. The van der Waals surface area contributed by atoms with E-state index in [0.29, 0.717) is 17.7 Å². The van der Waals surface area contributed by atoms with Gasteiger partial charge in [-0.15, -0.1) is 0 Å². The minimum absolute atomic E-state index is 0.0155.